The normalized spacial score (nSPS) is 11.8. The Kier molecular flexibility index (Phi) is 5.98. The Morgan fingerprint density at radius 3 is 2.55 bits per heavy atom. The number of aromatic nitrogens is 2. The van der Waals surface area contributed by atoms with E-state index in [4.69, 9.17) is 11.6 Å². The molecule has 0 aliphatic rings. The molecule has 0 saturated carbocycles. The zero-order chi connectivity index (χ0) is 21.1. The van der Waals surface area contributed by atoms with Crippen molar-refractivity contribution in [2.24, 2.45) is 0 Å². The number of hydrogen-bond donors (Lipinski definition) is 3. The number of anilines is 1. The van der Waals surface area contributed by atoms with Gasteiger partial charge in [0, 0.05) is 23.1 Å². The maximum Gasteiger partial charge on any atom is 0.257 e. The van der Waals surface area contributed by atoms with E-state index in [0.717, 1.165) is 23.4 Å². The summed E-state index contributed by atoms with van der Waals surface area (Å²) in [6.07, 6.45) is 1.69. The van der Waals surface area contributed by atoms with Crippen LogP contribution in [-0.4, -0.2) is 21.8 Å². The van der Waals surface area contributed by atoms with Crippen LogP contribution >= 0.6 is 11.6 Å². The smallest absolute Gasteiger partial charge is 0.257 e. The van der Waals surface area contributed by atoms with Crippen molar-refractivity contribution in [2.75, 3.05) is 5.32 Å². The first-order valence-corrected chi connectivity index (χ1v) is 9.32. The summed E-state index contributed by atoms with van der Waals surface area (Å²) >= 11 is 5.96. The molecule has 1 heterocycles. The van der Waals surface area contributed by atoms with Gasteiger partial charge in [0.2, 0.25) is 0 Å². The topological polar surface area (TPSA) is 86.9 Å². The van der Waals surface area contributed by atoms with Crippen molar-refractivity contribution in [3.63, 3.8) is 0 Å². The predicted octanol–water partition coefficient (Wildman–Crippen LogP) is 4.56. The lowest BCUT2D eigenvalue weighted by molar-refractivity contribution is 0.0937. The molecule has 6 nitrogen and oxygen atoms in total. The fraction of sp³-hybridized carbons (Fsp3) is 0.190. The van der Waals surface area contributed by atoms with Crippen LogP contribution in [-0.2, 0) is 0 Å². The molecule has 1 unspecified atom stereocenters. The molecular formula is C21H20ClFN4O2. The van der Waals surface area contributed by atoms with Crippen molar-refractivity contribution in [2.45, 2.75) is 26.8 Å². The molecule has 2 amide bonds. The molecule has 2 aromatic carbocycles. The van der Waals surface area contributed by atoms with Crippen LogP contribution in [0.3, 0.4) is 0 Å². The molecule has 150 valence electrons. The molecule has 3 rings (SSSR count). The number of aromatic amines is 1. The zero-order valence-corrected chi connectivity index (χ0v) is 16.9. The molecule has 3 aromatic rings. The number of aryl methyl sites for hydroxylation is 2. The van der Waals surface area contributed by atoms with Crippen molar-refractivity contribution in [1.29, 1.82) is 0 Å². The maximum absolute atomic E-state index is 13.2. The van der Waals surface area contributed by atoms with Gasteiger partial charge in [-0.15, -0.1) is 0 Å². The first-order chi connectivity index (χ1) is 13.7. The summed E-state index contributed by atoms with van der Waals surface area (Å²) in [5.41, 5.74) is 2.66. The number of imidazole rings is 1. The molecule has 0 bridgehead atoms. The molecule has 0 fully saturated rings. The molecule has 0 saturated heterocycles. The van der Waals surface area contributed by atoms with Crippen molar-refractivity contribution < 1.29 is 14.0 Å². The highest BCUT2D eigenvalue weighted by molar-refractivity contribution is 6.34. The number of carbonyl (C=O) groups is 2. The fourth-order valence-electron chi connectivity index (χ4n) is 2.76. The number of carbonyl (C=O) groups excluding carboxylic acids is 2. The minimum atomic E-state index is -0.526. The average molecular weight is 415 g/mol. The molecule has 0 aliphatic heterocycles. The molecule has 3 N–H and O–H groups in total. The van der Waals surface area contributed by atoms with E-state index in [1.807, 2.05) is 13.8 Å². The van der Waals surface area contributed by atoms with Crippen LogP contribution < -0.4 is 10.6 Å². The van der Waals surface area contributed by atoms with Crippen LogP contribution in [0.2, 0.25) is 5.02 Å². The second-order valence-electron chi connectivity index (χ2n) is 6.75. The summed E-state index contributed by atoms with van der Waals surface area (Å²) in [6, 6.07) is 8.23. The quantitative estimate of drug-likeness (QED) is 0.571. The Balaban J connectivity index is 1.76. The van der Waals surface area contributed by atoms with Crippen LogP contribution in [0.1, 0.15) is 50.8 Å². The second kappa shape index (κ2) is 8.45. The van der Waals surface area contributed by atoms with Gasteiger partial charge >= 0.3 is 0 Å². The molecule has 0 spiro atoms. The van der Waals surface area contributed by atoms with E-state index >= 15 is 0 Å². The highest BCUT2D eigenvalue weighted by Gasteiger charge is 2.17. The van der Waals surface area contributed by atoms with E-state index in [-0.39, 0.29) is 22.5 Å². The SMILES string of the molecule is Cc1cnc(C(C)NC(=O)c2ccc(C)c(NC(=O)c3ccc(F)cc3Cl)c2)[nH]1. The fourth-order valence-corrected chi connectivity index (χ4v) is 3.02. The summed E-state index contributed by atoms with van der Waals surface area (Å²) in [7, 11) is 0. The molecule has 0 aliphatic carbocycles. The van der Waals surface area contributed by atoms with E-state index in [2.05, 4.69) is 20.6 Å². The van der Waals surface area contributed by atoms with Crippen molar-refractivity contribution in [3.05, 3.63) is 81.6 Å². The van der Waals surface area contributed by atoms with Gasteiger partial charge in [0.15, 0.2) is 0 Å². The Morgan fingerprint density at radius 2 is 1.90 bits per heavy atom. The van der Waals surface area contributed by atoms with Gasteiger partial charge in [-0.05, 0) is 56.7 Å². The van der Waals surface area contributed by atoms with Crippen molar-refractivity contribution >= 4 is 29.1 Å². The van der Waals surface area contributed by atoms with Gasteiger partial charge in [-0.2, -0.15) is 0 Å². The highest BCUT2D eigenvalue weighted by atomic mass is 35.5. The first kappa shape index (κ1) is 20.5. The van der Waals surface area contributed by atoms with Crippen molar-refractivity contribution in [3.8, 4) is 0 Å². The largest absolute Gasteiger partial charge is 0.344 e. The third-order valence-electron chi connectivity index (χ3n) is 4.40. The van der Waals surface area contributed by atoms with E-state index in [1.54, 1.807) is 31.3 Å². The first-order valence-electron chi connectivity index (χ1n) is 8.94. The minimum Gasteiger partial charge on any atom is -0.344 e. The van der Waals surface area contributed by atoms with Gasteiger partial charge < -0.3 is 15.6 Å². The Labute approximate surface area is 172 Å². The zero-order valence-electron chi connectivity index (χ0n) is 16.1. The summed E-state index contributed by atoms with van der Waals surface area (Å²) in [6.45, 7) is 5.51. The highest BCUT2D eigenvalue weighted by Crippen LogP contribution is 2.22. The average Bonchev–Trinajstić information content (AvgIpc) is 3.09. The Morgan fingerprint density at radius 1 is 1.14 bits per heavy atom. The molecule has 29 heavy (non-hydrogen) atoms. The lowest BCUT2D eigenvalue weighted by Gasteiger charge is -2.14. The van der Waals surface area contributed by atoms with Gasteiger partial charge in [0.25, 0.3) is 11.8 Å². The number of halogens is 2. The summed E-state index contributed by atoms with van der Waals surface area (Å²) in [5.74, 6) is -0.665. The van der Waals surface area contributed by atoms with E-state index in [0.29, 0.717) is 17.1 Å². The van der Waals surface area contributed by atoms with Gasteiger partial charge in [-0.1, -0.05) is 17.7 Å². The maximum atomic E-state index is 13.2. The van der Waals surface area contributed by atoms with Crippen LogP contribution in [0.4, 0.5) is 10.1 Å². The number of H-pyrrole nitrogens is 1. The monoisotopic (exact) mass is 414 g/mol. The number of rotatable bonds is 5. The third kappa shape index (κ3) is 4.81. The van der Waals surface area contributed by atoms with Gasteiger partial charge in [0.05, 0.1) is 16.6 Å². The Hall–Kier alpha value is -3.19. The number of benzene rings is 2. The molecule has 1 aromatic heterocycles. The standard InChI is InChI=1S/C21H20ClFN4O2/c1-11-4-5-14(20(28)26-13(3)19-24-10-12(2)25-19)8-18(11)27-21(29)16-7-6-15(23)9-17(16)22/h4-10,13H,1-3H3,(H,24,25)(H,26,28)(H,27,29). The van der Waals surface area contributed by atoms with Gasteiger partial charge in [-0.3, -0.25) is 9.59 Å². The second-order valence-corrected chi connectivity index (χ2v) is 7.16. The van der Waals surface area contributed by atoms with Crippen LogP contribution in [0.15, 0.2) is 42.6 Å². The van der Waals surface area contributed by atoms with Crippen LogP contribution in [0.25, 0.3) is 0 Å². The van der Waals surface area contributed by atoms with E-state index in [1.165, 1.54) is 6.07 Å². The van der Waals surface area contributed by atoms with Crippen molar-refractivity contribution in [1.82, 2.24) is 15.3 Å². The number of amides is 2. The molecule has 0 radical (unpaired) electrons. The van der Waals surface area contributed by atoms with E-state index in [9.17, 15) is 14.0 Å². The molecular weight excluding hydrogens is 395 g/mol. The van der Waals surface area contributed by atoms with Crippen LogP contribution in [0, 0.1) is 19.7 Å². The van der Waals surface area contributed by atoms with Gasteiger partial charge in [0.1, 0.15) is 11.6 Å². The summed E-state index contributed by atoms with van der Waals surface area (Å²) in [4.78, 5) is 32.4. The number of nitrogens with zero attached hydrogens (tertiary/aromatic N) is 1. The minimum absolute atomic E-state index is 0.0108. The summed E-state index contributed by atoms with van der Waals surface area (Å²) < 4.78 is 13.2. The van der Waals surface area contributed by atoms with Crippen LogP contribution in [0.5, 0.6) is 0 Å². The number of nitrogens with one attached hydrogen (secondary N) is 3. The lowest BCUT2D eigenvalue weighted by Crippen LogP contribution is -2.27. The third-order valence-corrected chi connectivity index (χ3v) is 4.72. The number of hydrogen-bond acceptors (Lipinski definition) is 3. The molecule has 1 atom stereocenters. The lowest BCUT2D eigenvalue weighted by atomic mass is 10.1. The molecule has 8 heteroatoms. The Bertz CT molecular complexity index is 1080. The van der Waals surface area contributed by atoms with E-state index < -0.39 is 11.7 Å². The predicted molar refractivity (Wildman–Crippen MR) is 110 cm³/mol. The summed E-state index contributed by atoms with van der Waals surface area (Å²) in [5, 5.41) is 5.60. The van der Waals surface area contributed by atoms with Gasteiger partial charge in [-0.25, -0.2) is 9.37 Å².